The smallest absolute Gasteiger partial charge is 0.336 e. The van der Waals surface area contributed by atoms with Crippen molar-refractivity contribution in [1.82, 2.24) is 4.72 Å². The van der Waals surface area contributed by atoms with Crippen molar-refractivity contribution >= 4 is 31.9 Å². The van der Waals surface area contributed by atoms with Crippen LogP contribution in [0.5, 0.6) is 0 Å². The van der Waals surface area contributed by atoms with Gasteiger partial charge in [-0.25, -0.2) is 17.9 Å². The van der Waals surface area contributed by atoms with E-state index in [9.17, 15) is 13.2 Å². The monoisotopic (exact) mass is 361 g/mol. The molecule has 0 radical (unpaired) electrons. The largest absolute Gasteiger partial charge is 0.478 e. The van der Waals surface area contributed by atoms with Crippen LogP contribution in [0, 0.1) is 5.92 Å². The maximum absolute atomic E-state index is 12.2. The highest BCUT2D eigenvalue weighted by atomic mass is 79.9. The van der Waals surface area contributed by atoms with E-state index in [0.717, 1.165) is 19.3 Å². The first kappa shape index (κ1) is 15.5. The van der Waals surface area contributed by atoms with Crippen LogP contribution in [-0.2, 0) is 10.0 Å². The number of hydrogen-bond donors (Lipinski definition) is 2. The quantitative estimate of drug-likeness (QED) is 0.815. The van der Waals surface area contributed by atoms with E-state index in [4.69, 9.17) is 5.11 Å². The molecule has 2 atom stereocenters. The molecular formula is C13H16BrNO4S. The highest BCUT2D eigenvalue weighted by molar-refractivity contribution is 9.10. The van der Waals surface area contributed by atoms with Crippen LogP contribution in [0.25, 0.3) is 0 Å². The lowest BCUT2D eigenvalue weighted by Crippen LogP contribution is -2.27. The van der Waals surface area contributed by atoms with Gasteiger partial charge in [-0.15, -0.1) is 0 Å². The summed E-state index contributed by atoms with van der Waals surface area (Å²) in [5.41, 5.74) is -0.0613. The Morgan fingerprint density at radius 1 is 1.50 bits per heavy atom. The molecule has 0 heterocycles. The van der Waals surface area contributed by atoms with Gasteiger partial charge in [-0.1, -0.05) is 13.3 Å². The van der Waals surface area contributed by atoms with Crippen LogP contribution in [0.15, 0.2) is 27.6 Å². The van der Waals surface area contributed by atoms with Gasteiger partial charge >= 0.3 is 5.97 Å². The van der Waals surface area contributed by atoms with Crippen LogP contribution < -0.4 is 4.72 Å². The lowest BCUT2D eigenvalue weighted by atomic mass is 10.2. The molecule has 2 unspecified atom stereocenters. The van der Waals surface area contributed by atoms with Crippen molar-refractivity contribution in [3.63, 3.8) is 0 Å². The molecule has 1 aliphatic rings. The van der Waals surface area contributed by atoms with E-state index in [-0.39, 0.29) is 16.5 Å². The fourth-order valence-corrected chi connectivity index (χ4v) is 3.94. The van der Waals surface area contributed by atoms with Crippen molar-refractivity contribution < 1.29 is 18.3 Å². The minimum atomic E-state index is -3.66. The van der Waals surface area contributed by atoms with Gasteiger partial charge in [0, 0.05) is 10.5 Å². The standard InChI is InChI=1S/C13H16BrNO4S/c1-2-3-8-6-12(8)15-20(18,19)9-4-5-11(14)10(7-9)13(16)17/h4-5,7-8,12,15H,2-3,6H2,1H3,(H,16,17). The average Bonchev–Trinajstić information content (AvgIpc) is 3.06. The lowest BCUT2D eigenvalue weighted by molar-refractivity contribution is 0.0695. The van der Waals surface area contributed by atoms with E-state index >= 15 is 0 Å². The number of carboxylic acid groups (broad SMARTS) is 1. The summed E-state index contributed by atoms with van der Waals surface area (Å²) in [6.45, 7) is 2.07. The van der Waals surface area contributed by atoms with Crippen LogP contribution in [0.2, 0.25) is 0 Å². The SMILES string of the molecule is CCCC1CC1NS(=O)(=O)c1ccc(Br)c(C(=O)O)c1. The van der Waals surface area contributed by atoms with Crippen molar-refractivity contribution in [3.8, 4) is 0 Å². The summed E-state index contributed by atoms with van der Waals surface area (Å²) in [6.07, 6.45) is 2.90. The third kappa shape index (κ3) is 3.39. The first-order valence-electron chi connectivity index (χ1n) is 6.40. The summed E-state index contributed by atoms with van der Waals surface area (Å²) in [5.74, 6) is -0.756. The van der Waals surface area contributed by atoms with Crippen molar-refractivity contribution in [2.75, 3.05) is 0 Å². The minimum absolute atomic E-state index is 0.0137. The molecule has 0 saturated heterocycles. The topological polar surface area (TPSA) is 83.5 Å². The molecule has 2 N–H and O–H groups in total. The number of sulfonamides is 1. The third-order valence-corrected chi connectivity index (χ3v) is 5.55. The number of halogens is 1. The number of hydrogen-bond acceptors (Lipinski definition) is 3. The first-order chi connectivity index (χ1) is 9.35. The van der Waals surface area contributed by atoms with E-state index in [1.807, 2.05) is 0 Å². The molecule has 1 fully saturated rings. The lowest BCUT2D eigenvalue weighted by Gasteiger charge is -2.08. The van der Waals surface area contributed by atoms with Gasteiger partial charge in [0.05, 0.1) is 10.5 Å². The van der Waals surface area contributed by atoms with Gasteiger partial charge in [0.1, 0.15) is 0 Å². The summed E-state index contributed by atoms with van der Waals surface area (Å²) < 4.78 is 27.4. The normalized spacial score (nSPS) is 21.7. The Labute approximate surface area is 126 Å². The summed E-state index contributed by atoms with van der Waals surface area (Å²) in [6, 6.07) is 3.99. The van der Waals surface area contributed by atoms with Crippen molar-refractivity contribution in [3.05, 3.63) is 28.2 Å². The second-order valence-electron chi connectivity index (χ2n) is 4.96. The third-order valence-electron chi connectivity index (χ3n) is 3.37. The Morgan fingerprint density at radius 2 is 2.20 bits per heavy atom. The summed E-state index contributed by atoms with van der Waals surface area (Å²) in [7, 11) is -3.66. The van der Waals surface area contributed by atoms with Gasteiger partial charge in [-0.05, 0) is 52.9 Å². The Bertz CT molecular complexity index is 629. The number of nitrogens with one attached hydrogen (secondary N) is 1. The molecule has 0 amide bonds. The molecule has 1 aromatic carbocycles. The maximum atomic E-state index is 12.2. The van der Waals surface area contributed by atoms with Crippen LogP contribution in [-0.4, -0.2) is 25.5 Å². The molecule has 2 rings (SSSR count). The van der Waals surface area contributed by atoms with Crippen molar-refractivity contribution in [1.29, 1.82) is 0 Å². The van der Waals surface area contributed by atoms with Crippen LogP contribution >= 0.6 is 15.9 Å². The zero-order valence-corrected chi connectivity index (χ0v) is 13.4. The van der Waals surface area contributed by atoms with Gasteiger partial charge < -0.3 is 5.11 Å². The molecule has 0 aliphatic heterocycles. The highest BCUT2D eigenvalue weighted by Gasteiger charge is 2.39. The fraction of sp³-hybridized carbons (Fsp3) is 0.462. The summed E-state index contributed by atoms with van der Waals surface area (Å²) >= 11 is 3.09. The molecule has 5 nitrogen and oxygen atoms in total. The Balaban J connectivity index is 2.18. The molecule has 7 heteroatoms. The first-order valence-corrected chi connectivity index (χ1v) is 8.68. The zero-order valence-electron chi connectivity index (χ0n) is 11.0. The molecule has 0 aromatic heterocycles. The summed E-state index contributed by atoms with van der Waals surface area (Å²) in [5, 5.41) is 9.02. The van der Waals surface area contributed by atoms with Gasteiger partial charge in [-0.3, -0.25) is 0 Å². The number of rotatable bonds is 6. The molecule has 20 heavy (non-hydrogen) atoms. The average molecular weight is 362 g/mol. The molecule has 0 bridgehead atoms. The number of carbonyl (C=O) groups is 1. The van der Waals surface area contributed by atoms with E-state index in [0.29, 0.717) is 10.4 Å². The Kier molecular flexibility index (Phi) is 4.51. The number of aromatic carboxylic acids is 1. The number of carboxylic acids is 1. The van der Waals surface area contributed by atoms with Gasteiger partial charge in [0.25, 0.3) is 0 Å². The predicted molar refractivity (Wildman–Crippen MR) is 78.2 cm³/mol. The molecule has 1 aromatic rings. The highest BCUT2D eigenvalue weighted by Crippen LogP contribution is 2.35. The Hall–Kier alpha value is -0.920. The minimum Gasteiger partial charge on any atom is -0.478 e. The molecule has 1 saturated carbocycles. The van der Waals surface area contributed by atoms with Gasteiger partial charge in [0.2, 0.25) is 10.0 Å². The molecular weight excluding hydrogens is 346 g/mol. The Morgan fingerprint density at radius 3 is 2.80 bits per heavy atom. The van der Waals surface area contributed by atoms with E-state index in [1.165, 1.54) is 18.2 Å². The zero-order chi connectivity index (χ0) is 14.9. The molecule has 110 valence electrons. The predicted octanol–water partition coefficient (Wildman–Crippen LogP) is 2.61. The van der Waals surface area contributed by atoms with E-state index in [2.05, 4.69) is 27.6 Å². The summed E-state index contributed by atoms with van der Waals surface area (Å²) in [4.78, 5) is 11.0. The molecule has 0 spiro atoms. The van der Waals surface area contributed by atoms with Crippen molar-refractivity contribution in [2.45, 2.75) is 37.1 Å². The van der Waals surface area contributed by atoms with Crippen LogP contribution in [0.4, 0.5) is 0 Å². The number of benzene rings is 1. The van der Waals surface area contributed by atoms with Crippen molar-refractivity contribution in [2.24, 2.45) is 5.92 Å². The van der Waals surface area contributed by atoms with Gasteiger partial charge in [-0.2, -0.15) is 0 Å². The van der Waals surface area contributed by atoms with Crippen LogP contribution in [0.3, 0.4) is 0 Å². The second-order valence-corrected chi connectivity index (χ2v) is 7.53. The second kappa shape index (κ2) is 5.83. The van der Waals surface area contributed by atoms with E-state index in [1.54, 1.807) is 0 Å². The van der Waals surface area contributed by atoms with Crippen LogP contribution in [0.1, 0.15) is 36.5 Å². The van der Waals surface area contributed by atoms with E-state index < -0.39 is 16.0 Å². The van der Waals surface area contributed by atoms with Gasteiger partial charge in [0.15, 0.2) is 0 Å². The maximum Gasteiger partial charge on any atom is 0.336 e. The fourth-order valence-electron chi connectivity index (χ4n) is 2.18. The molecule has 1 aliphatic carbocycles.